The number of tetrazole rings is 1. The van der Waals surface area contributed by atoms with E-state index in [0.717, 1.165) is 13.0 Å². The topological polar surface area (TPSA) is 148 Å². The number of benzene rings is 1. The van der Waals surface area contributed by atoms with Crippen LogP contribution in [-0.4, -0.2) is 71.1 Å². The summed E-state index contributed by atoms with van der Waals surface area (Å²) in [6, 6.07) is 6.03. The lowest BCUT2D eigenvalue weighted by Crippen LogP contribution is -2.46. The SMILES string of the molecule is CCn1nnc(CNC(=O)CCOc2ccc(S(=O)(=O)NC(=O)C3CCCN(C(C)C)C3)cc2)n1. The number of aryl methyl sites for hydroxylation is 1. The Morgan fingerprint density at radius 1 is 1.23 bits per heavy atom. The standard InChI is InChI=1S/C22H33N7O5S/c1-4-29-25-20(24-27-29)14-23-21(30)11-13-34-18-7-9-19(10-8-18)35(32,33)26-22(31)17-6-5-12-28(15-17)16(2)3/h7-10,16-17H,4-6,11-15H2,1-3H3,(H,23,30)(H,26,31). The largest absolute Gasteiger partial charge is 0.493 e. The molecule has 0 bridgehead atoms. The minimum absolute atomic E-state index is 0.0277. The van der Waals surface area contributed by atoms with Crippen LogP contribution < -0.4 is 14.8 Å². The van der Waals surface area contributed by atoms with Crippen LogP contribution in [0.1, 0.15) is 45.9 Å². The first-order valence-corrected chi connectivity index (χ1v) is 13.2. The summed E-state index contributed by atoms with van der Waals surface area (Å²) in [5, 5.41) is 14.4. The second-order valence-electron chi connectivity index (χ2n) is 8.64. The van der Waals surface area contributed by atoms with E-state index in [2.05, 4.69) is 44.2 Å². The summed E-state index contributed by atoms with van der Waals surface area (Å²) in [6.45, 7) is 8.35. The monoisotopic (exact) mass is 507 g/mol. The number of hydrogen-bond acceptors (Lipinski definition) is 9. The van der Waals surface area contributed by atoms with E-state index in [1.54, 1.807) is 0 Å². The van der Waals surface area contributed by atoms with Gasteiger partial charge >= 0.3 is 0 Å². The number of ether oxygens (including phenoxy) is 1. The molecular formula is C22H33N7O5S. The Morgan fingerprint density at radius 2 is 1.97 bits per heavy atom. The zero-order valence-electron chi connectivity index (χ0n) is 20.3. The third-order valence-corrected chi connectivity index (χ3v) is 7.10. The van der Waals surface area contributed by atoms with Crippen LogP contribution in [0, 0.1) is 5.92 Å². The van der Waals surface area contributed by atoms with Crippen LogP contribution in [0.5, 0.6) is 5.75 Å². The molecule has 12 nitrogen and oxygen atoms in total. The maximum absolute atomic E-state index is 12.7. The lowest BCUT2D eigenvalue weighted by Gasteiger charge is -2.34. The summed E-state index contributed by atoms with van der Waals surface area (Å²) < 4.78 is 33.1. The van der Waals surface area contributed by atoms with Gasteiger partial charge < -0.3 is 15.0 Å². The molecule has 1 unspecified atom stereocenters. The van der Waals surface area contributed by atoms with Gasteiger partial charge in [0.2, 0.25) is 11.8 Å². The second-order valence-corrected chi connectivity index (χ2v) is 10.3. The van der Waals surface area contributed by atoms with Gasteiger partial charge in [0.25, 0.3) is 10.0 Å². The van der Waals surface area contributed by atoms with Crippen LogP contribution in [0.3, 0.4) is 0 Å². The van der Waals surface area contributed by atoms with Gasteiger partial charge in [0, 0.05) is 12.6 Å². The van der Waals surface area contributed by atoms with Gasteiger partial charge in [0.05, 0.1) is 36.9 Å². The number of amides is 2. The summed E-state index contributed by atoms with van der Waals surface area (Å²) in [6.07, 6.45) is 1.63. The zero-order valence-corrected chi connectivity index (χ0v) is 21.1. The first-order chi connectivity index (χ1) is 16.7. The lowest BCUT2D eigenvalue weighted by atomic mass is 9.96. The fourth-order valence-electron chi connectivity index (χ4n) is 3.69. The molecule has 3 rings (SSSR count). The zero-order chi connectivity index (χ0) is 25.4. The molecule has 0 aliphatic carbocycles. The van der Waals surface area contributed by atoms with Gasteiger partial charge in [0.15, 0.2) is 5.82 Å². The minimum atomic E-state index is -3.99. The first-order valence-electron chi connectivity index (χ1n) is 11.7. The van der Waals surface area contributed by atoms with Crippen molar-refractivity contribution in [3.63, 3.8) is 0 Å². The van der Waals surface area contributed by atoms with Crippen molar-refractivity contribution in [1.82, 2.24) is 35.1 Å². The summed E-state index contributed by atoms with van der Waals surface area (Å²) in [5.74, 6) is -0.238. The average molecular weight is 508 g/mol. The van der Waals surface area contributed by atoms with Crippen LogP contribution in [0.25, 0.3) is 0 Å². The molecule has 1 aliphatic rings. The Labute approximate surface area is 205 Å². The Bertz CT molecular complexity index is 1100. The van der Waals surface area contributed by atoms with Crippen molar-refractivity contribution in [2.24, 2.45) is 5.92 Å². The van der Waals surface area contributed by atoms with Crippen LogP contribution in [0.15, 0.2) is 29.2 Å². The molecule has 1 fully saturated rings. The smallest absolute Gasteiger partial charge is 0.264 e. The number of sulfonamides is 1. The maximum Gasteiger partial charge on any atom is 0.264 e. The molecule has 2 heterocycles. The van der Waals surface area contributed by atoms with Crippen molar-refractivity contribution in [2.75, 3.05) is 19.7 Å². The first kappa shape index (κ1) is 26.5. The Morgan fingerprint density at radius 3 is 2.63 bits per heavy atom. The van der Waals surface area contributed by atoms with Gasteiger partial charge in [-0.1, -0.05) is 0 Å². The molecule has 1 aromatic carbocycles. The van der Waals surface area contributed by atoms with Crippen molar-refractivity contribution in [3.8, 4) is 5.75 Å². The third-order valence-electron chi connectivity index (χ3n) is 5.74. The maximum atomic E-state index is 12.7. The summed E-state index contributed by atoms with van der Waals surface area (Å²) in [4.78, 5) is 28.1. The number of piperidine rings is 1. The highest BCUT2D eigenvalue weighted by Crippen LogP contribution is 2.20. The molecule has 0 spiro atoms. The molecule has 1 saturated heterocycles. The summed E-state index contributed by atoms with van der Waals surface area (Å²) >= 11 is 0. The van der Waals surface area contributed by atoms with Gasteiger partial charge in [-0.2, -0.15) is 4.80 Å². The highest BCUT2D eigenvalue weighted by molar-refractivity contribution is 7.90. The molecule has 0 saturated carbocycles. The second kappa shape index (κ2) is 12.1. The fraction of sp³-hybridized carbons (Fsp3) is 0.591. The van der Waals surface area contributed by atoms with E-state index in [4.69, 9.17) is 4.74 Å². The van der Waals surface area contributed by atoms with Gasteiger partial charge in [-0.25, -0.2) is 13.1 Å². The van der Waals surface area contributed by atoms with E-state index >= 15 is 0 Å². The van der Waals surface area contributed by atoms with Crippen molar-refractivity contribution in [3.05, 3.63) is 30.1 Å². The van der Waals surface area contributed by atoms with E-state index in [9.17, 15) is 18.0 Å². The van der Waals surface area contributed by atoms with Gasteiger partial charge in [-0.15, -0.1) is 10.2 Å². The number of hydrogen-bond donors (Lipinski definition) is 2. The van der Waals surface area contributed by atoms with Crippen molar-refractivity contribution in [2.45, 2.75) is 64.1 Å². The molecule has 2 aromatic rings. The number of carbonyl (C=O) groups is 2. The van der Waals surface area contributed by atoms with E-state index in [1.165, 1.54) is 29.1 Å². The van der Waals surface area contributed by atoms with E-state index in [0.29, 0.717) is 37.1 Å². The van der Waals surface area contributed by atoms with Gasteiger partial charge in [-0.05, 0) is 69.6 Å². The third kappa shape index (κ3) is 7.72. The Hall–Kier alpha value is -3.06. The summed E-state index contributed by atoms with van der Waals surface area (Å²) in [5.41, 5.74) is 0. The predicted molar refractivity (Wildman–Crippen MR) is 127 cm³/mol. The highest BCUT2D eigenvalue weighted by atomic mass is 32.2. The number of nitrogens with zero attached hydrogens (tertiary/aromatic N) is 5. The predicted octanol–water partition coefficient (Wildman–Crippen LogP) is 0.704. The molecule has 2 N–H and O–H groups in total. The van der Waals surface area contributed by atoms with Crippen LogP contribution in [0.2, 0.25) is 0 Å². The van der Waals surface area contributed by atoms with Gasteiger partial charge in [-0.3, -0.25) is 9.59 Å². The average Bonchev–Trinajstić information content (AvgIpc) is 3.31. The molecule has 1 atom stereocenters. The van der Waals surface area contributed by atoms with E-state index in [-0.39, 0.29) is 36.3 Å². The number of likely N-dealkylation sites (tertiary alicyclic amines) is 1. The molecule has 13 heteroatoms. The Kier molecular flexibility index (Phi) is 9.15. The van der Waals surface area contributed by atoms with Crippen molar-refractivity contribution in [1.29, 1.82) is 0 Å². The molecule has 0 radical (unpaired) electrons. The molecule has 1 aromatic heterocycles. The van der Waals surface area contributed by atoms with Crippen molar-refractivity contribution >= 4 is 21.8 Å². The van der Waals surface area contributed by atoms with Crippen LogP contribution in [-0.2, 0) is 32.7 Å². The van der Waals surface area contributed by atoms with E-state index < -0.39 is 15.9 Å². The van der Waals surface area contributed by atoms with Crippen LogP contribution in [0.4, 0.5) is 0 Å². The minimum Gasteiger partial charge on any atom is -0.493 e. The summed E-state index contributed by atoms with van der Waals surface area (Å²) in [7, 11) is -3.99. The number of nitrogens with one attached hydrogen (secondary N) is 2. The number of rotatable bonds is 11. The fourth-order valence-corrected chi connectivity index (χ4v) is 4.73. The highest BCUT2D eigenvalue weighted by Gasteiger charge is 2.29. The quantitative estimate of drug-likeness (QED) is 0.448. The van der Waals surface area contributed by atoms with Crippen LogP contribution >= 0.6 is 0 Å². The Balaban J connectivity index is 1.44. The molecule has 1 aliphatic heterocycles. The van der Waals surface area contributed by atoms with Crippen molar-refractivity contribution < 1.29 is 22.7 Å². The lowest BCUT2D eigenvalue weighted by molar-refractivity contribution is -0.125. The number of aromatic nitrogens is 4. The normalized spacial score (nSPS) is 16.7. The number of carbonyl (C=O) groups excluding carboxylic acids is 2. The molecule has 192 valence electrons. The van der Waals surface area contributed by atoms with Gasteiger partial charge in [0.1, 0.15) is 5.75 Å². The van der Waals surface area contributed by atoms with E-state index in [1.807, 2.05) is 6.92 Å². The molecule has 35 heavy (non-hydrogen) atoms. The molecular weight excluding hydrogens is 474 g/mol. The molecule has 2 amide bonds.